The largest absolute Gasteiger partial charge is 0.465 e. The molecule has 0 radical (unpaired) electrons. The average molecular weight is 1110 g/mol. The summed E-state index contributed by atoms with van der Waals surface area (Å²) in [6.07, 6.45) is -11.5. The lowest BCUT2D eigenvalue weighted by Gasteiger charge is -2.48. The fourth-order valence-electron chi connectivity index (χ4n) is 8.95. The number of fused-ring (bicyclic) bond motifs is 2. The quantitative estimate of drug-likeness (QED) is 0.0387. The third-order valence-corrected chi connectivity index (χ3v) is 14.4. The molecule has 18 nitrogen and oxygen atoms in total. The van der Waals surface area contributed by atoms with E-state index in [1.54, 1.807) is 29.2 Å². The molecule has 1 saturated carbocycles. The number of rotatable bonds is 18. The van der Waals surface area contributed by atoms with E-state index >= 15 is 8.78 Å². The van der Waals surface area contributed by atoms with Crippen molar-refractivity contribution in [3.05, 3.63) is 101 Å². The van der Waals surface area contributed by atoms with Gasteiger partial charge in [0, 0.05) is 60.8 Å². The Balaban J connectivity index is 1.19. The highest BCUT2D eigenvalue weighted by Gasteiger charge is 2.57. The molecule has 7 rings (SSSR count). The summed E-state index contributed by atoms with van der Waals surface area (Å²) in [4.78, 5) is 61.3. The number of methoxy groups -OCH3 is 1. The molecule has 3 fully saturated rings. The molecule has 4 heterocycles. The van der Waals surface area contributed by atoms with Crippen molar-refractivity contribution in [1.29, 1.82) is 0 Å². The number of benzene rings is 2. The highest BCUT2D eigenvalue weighted by molar-refractivity contribution is 5.87. The van der Waals surface area contributed by atoms with Gasteiger partial charge >= 0.3 is 24.5 Å². The molecule has 6 N–H and O–H groups in total. The number of alkyl carbamates (subject to hydrolysis) is 1. The summed E-state index contributed by atoms with van der Waals surface area (Å²) in [6.45, 7) is 2.87. The highest BCUT2D eigenvalue weighted by atomic mass is 19.4. The van der Waals surface area contributed by atoms with E-state index in [4.69, 9.17) is 4.74 Å². The molecule has 0 spiro atoms. The lowest BCUT2D eigenvalue weighted by atomic mass is 9.82. The number of hydrazine groups is 1. The maximum absolute atomic E-state index is 16.1. The molecule has 2 aromatic heterocycles. The Kier molecular flexibility index (Phi) is 17.6. The maximum atomic E-state index is 16.1. The standard InChI is InChI=1S/C52H60F8N10O8/c1-49(2,51(55,56)57)43(64-48(76)77-6)45(72)62-40(19-30-10-7-29(8-11-30)9-12-31-13-16-42(61-22-31)68-23-34-27-78-28-35(24-68)67(34)5)41(71)26-69(66-46(73)44(63-47(74)75)50(3,4)52(58,59)60)25-36-37(53)20-32(21-38(36)54)39-17-18-70(65-39)33-14-15-33/h7-8,10-11,13,16-18,20-22,33-35,40-41,43-44,63,71H,14-15,19,23-28H2,1-6H3,(H,62,72)(H,64,76)(H,66,73)(H,74,75). The summed E-state index contributed by atoms with van der Waals surface area (Å²) in [7, 11) is 2.92. The number of carbonyl (C=O) groups is 4. The average Bonchev–Trinajstić information content (AvgIpc) is 4.10. The summed E-state index contributed by atoms with van der Waals surface area (Å²) in [5, 5.41) is 32.2. The number of nitrogens with one attached hydrogen (secondary N) is 4. The van der Waals surface area contributed by atoms with E-state index in [0.29, 0.717) is 62.6 Å². The van der Waals surface area contributed by atoms with Crippen molar-refractivity contribution in [3.8, 4) is 23.1 Å². The molecule has 6 atom stereocenters. The maximum Gasteiger partial charge on any atom is 0.407 e. The number of aliphatic hydroxyl groups is 1. The van der Waals surface area contributed by atoms with E-state index < -0.39 is 108 Å². The van der Waals surface area contributed by atoms with Crippen molar-refractivity contribution >= 4 is 29.8 Å². The van der Waals surface area contributed by atoms with Crippen LogP contribution in [-0.4, -0.2) is 155 Å². The van der Waals surface area contributed by atoms with Gasteiger partial charge in [-0.25, -0.2) is 28.4 Å². The van der Waals surface area contributed by atoms with Gasteiger partial charge in [-0.15, -0.1) is 0 Å². The van der Waals surface area contributed by atoms with Crippen LogP contribution < -0.4 is 26.3 Å². The Hall–Kier alpha value is -7.08. The molecular weight excluding hydrogens is 1040 g/mol. The Labute approximate surface area is 443 Å². The number of ether oxygens (including phenoxy) is 2. The third-order valence-electron chi connectivity index (χ3n) is 14.4. The summed E-state index contributed by atoms with van der Waals surface area (Å²) >= 11 is 0. The van der Waals surface area contributed by atoms with E-state index in [0.717, 1.165) is 51.0 Å². The van der Waals surface area contributed by atoms with Gasteiger partial charge in [0.25, 0.3) is 5.91 Å². The van der Waals surface area contributed by atoms with Crippen molar-refractivity contribution in [3.63, 3.8) is 0 Å². The Morgan fingerprint density at radius 3 is 1.94 bits per heavy atom. The normalized spacial score (nSPS) is 18.7. The Morgan fingerprint density at radius 1 is 0.821 bits per heavy atom. The van der Waals surface area contributed by atoms with Crippen LogP contribution in [0.15, 0.2) is 67.0 Å². The second-order valence-corrected chi connectivity index (χ2v) is 20.7. The number of pyridine rings is 1. The lowest BCUT2D eigenvalue weighted by Crippen LogP contribution is -2.63. The molecule has 1 aliphatic carbocycles. The summed E-state index contributed by atoms with van der Waals surface area (Å²) in [5.74, 6) is 1.12. The first-order valence-electron chi connectivity index (χ1n) is 24.7. The zero-order valence-corrected chi connectivity index (χ0v) is 43.3. The van der Waals surface area contributed by atoms with Crippen LogP contribution in [0.2, 0.25) is 0 Å². The molecule has 2 bridgehead atoms. The molecule has 2 aliphatic heterocycles. The number of halogens is 8. The molecule has 422 valence electrons. The number of hydrogen-bond donors (Lipinski definition) is 6. The molecule has 3 aliphatic rings. The van der Waals surface area contributed by atoms with Crippen LogP contribution >= 0.6 is 0 Å². The van der Waals surface area contributed by atoms with Gasteiger partial charge in [0.2, 0.25) is 5.91 Å². The first-order chi connectivity index (χ1) is 36.6. The van der Waals surface area contributed by atoms with Crippen LogP contribution in [0, 0.1) is 34.3 Å². The number of morpholine rings is 1. The van der Waals surface area contributed by atoms with Crippen molar-refractivity contribution in [1.82, 2.24) is 46.0 Å². The minimum absolute atomic E-state index is 0.0105. The zero-order chi connectivity index (χ0) is 57.1. The SMILES string of the molecule is COC(=O)NC(C(=O)NC(Cc1ccc(C#Cc2ccc(N3CC4COCC(C3)N4C)nc2)cc1)C(O)CN(Cc1c(F)cc(-c2ccn(C3CC3)n2)cc1F)NC(=O)C(NC(=O)O)C(C)(C)C(F)(F)F)C(C)(C)C(F)(F)F. The van der Waals surface area contributed by atoms with Crippen molar-refractivity contribution in [2.24, 2.45) is 10.8 Å². The third kappa shape index (κ3) is 13.8. The first-order valence-corrected chi connectivity index (χ1v) is 24.7. The topological polar surface area (TPSA) is 216 Å². The Bertz CT molecular complexity index is 2830. The van der Waals surface area contributed by atoms with Crippen LogP contribution in [0.5, 0.6) is 0 Å². The predicted octanol–water partition coefficient (Wildman–Crippen LogP) is 5.94. The van der Waals surface area contributed by atoms with Gasteiger partial charge in [-0.1, -0.05) is 24.0 Å². The Morgan fingerprint density at radius 2 is 1.40 bits per heavy atom. The van der Waals surface area contributed by atoms with Crippen LogP contribution in [0.1, 0.15) is 68.8 Å². The van der Waals surface area contributed by atoms with Crippen LogP contribution in [0.25, 0.3) is 11.3 Å². The zero-order valence-electron chi connectivity index (χ0n) is 43.3. The number of aromatic nitrogens is 3. The van der Waals surface area contributed by atoms with Gasteiger partial charge in [-0.05, 0) is 102 Å². The van der Waals surface area contributed by atoms with E-state index in [1.165, 1.54) is 23.5 Å². The van der Waals surface area contributed by atoms with Gasteiger partial charge in [0.15, 0.2) is 0 Å². The highest BCUT2D eigenvalue weighted by Crippen LogP contribution is 2.42. The number of carbonyl (C=O) groups excluding carboxylic acids is 3. The monoisotopic (exact) mass is 1100 g/mol. The summed E-state index contributed by atoms with van der Waals surface area (Å²) < 4.78 is 131. The van der Waals surface area contributed by atoms with Crippen molar-refractivity contribution in [2.45, 2.75) is 108 Å². The van der Waals surface area contributed by atoms with Gasteiger partial charge in [-0.2, -0.15) is 31.4 Å². The minimum atomic E-state index is -5.23. The first kappa shape index (κ1) is 58.6. The summed E-state index contributed by atoms with van der Waals surface area (Å²) in [5.41, 5.74) is -3.38. The molecule has 4 amide bonds. The number of alkyl halides is 6. The van der Waals surface area contributed by atoms with Crippen molar-refractivity contribution in [2.75, 3.05) is 51.9 Å². The second kappa shape index (κ2) is 23.5. The van der Waals surface area contributed by atoms with Gasteiger partial charge < -0.3 is 40.5 Å². The molecule has 78 heavy (non-hydrogen) atoms. The number of likely N-dealkylation sites (N-methyl/N-ethyl adjacent to an activating group) is 1. The molecule has 26 heteroatoms. The second-order valence-electron chi connectivity index (χ2n) is 20.7. The van der Waals surface area contributed by atoms with Crippen LogP contribution in [0.4, 0.5) is 50.5 Å². The van der Waals surface area contributed by atoms with E-state index in [-0.39, 0.29) is 29.4 Å². The lowest BCUT2D eigenvalue weighted by molar-refractivity contribution is -0.221. The number of anilines is 1. The van der Waals surface area contributed by atoms with Crippen LogP contribution in [0.3, 0.4) is 0 Å². The fraction of sp³-hybridized carbons (Fsp3) is 0.500. The smallest absolute Gasteiger partial charge is 0.407 e. The predicted molar refractivity (Wildman–Crippen MR) is 265 cm³/mol. The molecule has 2 saturated heterocycles. The molecule has 6 unspecified atom stereocenters. The number of hydrogen-bond acceptors (Lipinski definition) is 12. The summed E-state index contributed by atoms with van der Waals surface area (Å²) in [6, 6.07) is 6.95. The number of aliphatic hydroxyl groups excluding tert-OH is 1. The van der Waals surface area contributed by atoms with E-state index in [2.05, 4.69) is 48.8 Å². The number of carboxylic acid groups (broad SMARTS) is 1. The molecule has 4 aromatic rings. The fourth-order valence-corrected chi connectivity index (χ4v) is 8.95. The van der Waals surface area contributed by atoms with Gasteiger partial charge in [-0.3, -0.25) is 24.6 Å². The van der Waals surface area contributed by atoms with Gasteiger partial charge in [0.1, 0.15) is 29.5 Å². The number of amides is 4. The van der Waals surface area contributed by atoms with E-state index in [9.17, 15) is 55.7 Å². The van der Waals surface area contributed by atoms with Crippen molar-refractivity contribution < 1.29 is 74.0 Å². The minimum Gasteiger partial charge on any atom is -0.465 e. The van der Waals surface area contributed by atoms with E-state index in [1.807, 2.05) is 22.9 Å². The number of nitrogens with zero attached hydrogens (tertiary/aromatic N) is 6. The number of piperazine rings is 1. The van der Waals surface area contributed by atoms with Crippen LogP contribution in [-0.2, 0) is 32.0 Å². The van der Waals surface area contributed by atoms with Gasteiger partial charge in [0.05, 0.1) is 67.1 Å². The molecular formula is C52H60F8N10O8. The molecule has 2 aromatic carbocycles.